The third-order valence-electron chi connectivity index (χ3n) is 1.86. The molecule has 0 fully saturated rings. The van der Waals surface area contributed by atoms with Gasteiger partial charge in [-0.15, -0.1) is 0 Å². The van der Waals surface area contributed by atoms with Gasteiger partial charge in [0, 0.05) is 17.7 Å². The molecule has 0 saturated heterocycles. The maximum atomic E-state index is 5.97. The lowest BCUT2D eigenvalue weighted by Crippen LogP contribution is -1.95. The standard InChI is InChI=1S/C10H13ClO2/c1-7-4-10(13-3)8(6-12-2)5-9(7)11/h4-5H,6H2,1-3H3. The number of aryl methyl sites for hydroxylation is 1. The van der Waals surface area contributed by atoms with Crippen LogP contribution in [0.3, 0.4) is 0 Å². The highest BCUT2D eigenvalue weighted by Gasteiger charge is 2.05. The van der Waals surface area contributed by atoms with Crippen molar-refractivity contribution in [3.8, 4) is 5.75 Å². The lowest BCUT2D eigenvalue weighted by Gasteiger charge is -2.09. The maximum Gasteiger partial charge on any atom is 0.124 e. The van der Waals surface area contributed by atoms with Crippen LogP contribution in [0.5, 0.6) is 5.75 Å². The van der Waals surface area contributed by atoms with Gasteiger partial charge in [0.25, 0.3) is 0 Å². The van der Waals surface area contributed by atoms with Gasteiger partial charge in [-0.1, -0.05) is 11.6 Å². The van der Waals surface area contributed by atoms with E-state index in [1.165, 1.54) is 0 Å². The molecule has 0 saturated carbocycles. The fraction of sp³-hybridized carbons (Fsp3) is 0.400. The van der Waals surface area contributed by atoms with Crippen LogP contribution in [0.4, 0.5) is 0 Å². The Hall–Kier alpha value is -0.730. The van der Waals surface area contributed by atoms with E-state index in [0.717, 1.165) is 21.9 Å². The fourth-order valence-electron chi connectivity index (χ4n) is 1.15. The van der Waals surface area contributed by atoms with Crippen LogP contribution < -0.4 is 4.74 Å². The molecular formula is C10H13ClO2. The van der Waals surface area contributed by atoms with Crippen molar-refractivity contribution in [3.63, 3.8) is 0 Å². The van der Waals surface area contributed by atoms with Crippen molar-refractivity contribution in [2.24, 2.45) is 0 Å². The molecule has 0 atom stereocenters. The lowest BCUT2D eigenvalue weighted by atomic mass is 10.1. The molecule has 0 aliphatic rings. The molecule has 0 spiro atoms. The zero-order chi connectivity index (χ0) is 9.84. The smallest absolute Gasteiger partial charge is 0.124 e. The first-order chi connectivity index (χ1) is 6.19. The molecule has 72 valence electrons. The molecule has 0 radical (unpaired) electrons. The third-order valence-corrected chi connectivity index (χ3v) is 2.27. The Kier molecular flexibility index (Phi) is 3.58. The number of halogens is 1. The van der Waals surface area contributed by atoms with E-state index in [-0.39, 0.29) is 0 Å². The maximum absolute atomic E-state index is 5.97. The SMILES string of the molecule is COCc1cc(Cl)c(C)cc1OC. The Balaban J connectivity index is 3.09. The molecule has 1 aromatic rings. The van der Waals surface area contributed by atoms with Gasteiger partial charge in [-0.05, 0) is 24.6 Å². The Bertz CT molecular complexity index is 297. The first-order valence-electron chi connectivity index (χ1n) is 4.01. The van der Waals surface area contributed by atoms with Crippen LogP contribution in [0.25, 0.3) is 0 Å². The predicted molar refractivity (Wildman–Crippen MR) is 53.5 cm³/mol. The van der Waals surface area contributed by atoms with Crippen molar-refractivity contribution >= 4 is 11.6 Å². The van der Waals surface area contributed by atoms with Gasteiger partial charge in [0.05, 0.1) is 13.7 Å². The topological polar surface area (TPSA) is 18.5 Å². The summed E-state index contributed by atoms with van der Waals surface area (Å²) in [5, 5.41) is 0.743. The molecule has 1 aromatic carbocycles. The van der Waals surface area contributed by atoms with Crippen LogP contribution in [0.15, 0.2) is 12.1 Å². The van der Waals surface area contributed by atoms with E-state index in [4.69, 9.17) is 21.1 Å². The highest BCUT2D eigenvalue weighted by molar-refractivity contribution is 6.31. The summed E-state index contributed by atoms with van der Waals surface area (Å²) in [6.07, 6.45) is 0. The van der Waals surface area contributed by atoms with E-state index in [2.05, 4.69) is 0 Å². The molecular weight excluding hydrogens is 188 g/mol. The second kappa shape index (κ2) is 4.49. The van der Waals surface area contributed by atoms with E-state index in [1.54, 1.807) is 14.2 Å². The molecule has 2 nitrogen and oxygen atoms in total. The highest BCUT2D eigenvalue weighted by atomic mass is 35.5. The zero-order valence-electron chi connectivity index (χ0n) is 8.06. The summed E-state index contributed by atoms with van der Waals surface area (Å²) >= 11 is 5.97. The number of ether oxygens (including phenoxy) is 2. The van der Waals surface area contributed by atoms with Crippen molar-refractivity contribution in [1.82, 2.24) is 0 Å². The minimum absolute atomic E-state index is 0.517. The molecule has 3 heteroatoms. The second-order valence-corrected chi connectivity index (χ2v) is 3.25. The molecule has 0 heterocycles. The van der Waals surface area contributed by atoms with E-state index in [9.17, 15) is 0 Å². The van der Waals surface area contributed by atoms with Gasteiger partial charge in [-0.2, -0.15) is 0 Å². The predicted octanol–water partition coefficient (Wildman–Crippen LogP) is 2.80. The third kappa shape index (κ3) is 2.36. The van der Waals surface area contributed by atoms with Crippen LogP contribution in [-0.2, 0) is 11.3 Å². The van der Waals surface area contributed by atoms with E-state index >= 15 is 0 Å². The Morgan fingerprint density at radius 2 is 2.00 bits per heavy atom. The molecule has 0 aliphatic carbocycles. The number of rotatable bonds is 3. The summed E-state index contributed by atoms with van der Waals surface area (Å²) in [4.78, 5) is 0. The zero-order valence-corrected chi connectivity index (χ0v) is 8.81. The number of hydrogen-bond donors (Lipinski definition) is 0. The van der Waals surface area contributed by atoms with Gasteiger partial charge in [0.1, 0.15) is 5.75 Å². The van der Waals surface area contributed by atoms with Gasteiger partial charge in [0.15, 0.2) is 0 Å². The molecule has 0 bridgehead atoms. The van der Waals surface area contributed by atoms with Gasteiger partial charge in [-0.3, -0.25) is 0 Å². The van der Waals surface area contributed by atoms with Crippen LogP contribution in [0.1, 0.15) is 11.1 Å². The summed E-state index contributed by atoms with van der Waals surface area (Å²) in [5.41, 5.74) is 1.99. The molecule has 13 heavy (non-hydrogen) atoms. The van der Waals surface area contributed by atoms with Gasteiger partial charge < -0.3 is 9.47 Å². The first kappa shape index (κ1) is 10.4. The molecule has 0 aliphatic heterocycles. The average Bonchev–Trinajstić information content (AvgIpc) is 2.11. The minimum atomic E-state index is 0.517. The van der Waals surface area contributed by atoms with Crippen LogP contribution >= 0.6 is 11.6 Å². The van der Waals surface area contributed by atoms with E-state index < -0.39 is 0 Å². The number of methoxy groups -OCH3 is 2. The Morgan fingerprint density at radius 3 is 2.54 bits per heavy atom. The molecule has 0 aromatic heterocycles. The van der Waals surface area contributed by atoms with Crippen molar-refractivity contribution < 1.29 is 9.47 Å². The largest absolute Gasteiger partial charge is 0.496 e. The summed E-state index contributed by atoms with van der Waals surface area (Å²) in [6.45, 7) is 2.46. The normalized spacial score (nSPS) is 10.2. The van der Waals surface area contributed by atoms with Crippen LogP contribution in [0.2, 0.25) is 5.02 Å². The van der Waals surface area contributed by atoms with E-state index in [0.29, 0.717) is 6.61 Å². The summed E-state index contributed by atoms with van der Waals surface area (Å²) in [7, 11) is 3.29. The van der Waals surface area contributed by atoms with Crippen molar-refractivity contribution in [2.75, 3.05) is 14.2 Å². The summed E-state index contributed by atoms with van der Waals surface area (Å²) in [5.74, 6) is 0.823. The number of benzene rings is 1. The van der Waals surface area contributed by atoms with Gasteiger partial charge >= 0.3 is 0 Å². The minimum Gasteiger partial charge on any atom is -0.496 e. The monoisotopic (exact) mass is 200 g/mol. The number of hydrogen-bond acceptors (Lipinski definition) is 2. The van der Waals surface area contributed by atoms with Crippen molar-refractivity contribution in [1.29, 1.82) is 0 Å². The molecule has 1 rings (SSSR count). The first-order valence-corrected chi connectivity index (χ1v) is 4.38. The lowest BCUT2D eigenvalue weighted by molar-refractivity contribution is 0.181. The molecule has 0 N–H and O–H groups in total. The average molecular weight is 201 g/mol. The Labute approximate surface area is 83.4 Å². The molecule has 0 unspecified atom stereocenters. The quantitative estimate of drug-likeness (QED) is 0.747. The summed E-state index contributed by atoms with van der Waals surface area (Å²) in [6, 6.07) is 3.79. The van der Waals surface area contributed by atoms with Crippen LogP contribution in [-0.4, -0.2) is 14.2 Å². The summed E-state index contributed by atoms with van der Waals surface area (Å²) < 4.78 is 10.2. The second-order valence-electron chi connectivity index (χ2n) is 2.85. The molecule has 0 amide bonds. The van der Waals surface area contributed by atoms with Crippen molar-refractivity contribution in [2.45, 2.75) is 13.5 Å². The van der Waals surface area contributed by atoms with Gasteiger partial charge in [0.2, 0.25) is 0 Å². The van der Waals surface area contributed by atoms with Crippen LogP contribution in [0, 0.1) is 6.92 Å². The van der Waals surface area contributed by atoms with Gasteiger partial charge in [-0.25, -0.2) is 0 Å². The van der Waals surface area contributed by atoms with Crippen molar-refractivity contribution in [3.05, 3.63) is 28.3 Å². The Morgan fingerprint density at radius 1 is 1.31 bits per heavy atom. The van der Waals surface area contributed by atoms with E-state index in [1.807, 2.05) is 19.1 Å². The fourth-order valence-corrected chi connectivity index (χ4v) is 1.34. The highest BCUT2D eigenvalue weighted by Crippen LogP contribution is 2.26.